The lowest BCUT2D eigenvalue weighted by Gasteiger charge is -2.03. The average Bonchev–Trinajstić information content (AvgIpc) is 2.79. The van der Waals surface area contributed by atoms with Gasteiger partial charge in [0.1, 0.15) is 12.2 Å². The lowest BCUT2D eigenvalue weighted by atomic mass is 10.2. The SMILES string of the molecule is O=C(O)c1ccc2cc(C(=O)OCCP(=O)(O)O)oc2c1. The van der Waals surface area contributed by atoms with E-state index in [0.29, 0.717) is 5.39 Å². The molecule has 0 fully saturated rings. The van der Waals surface area contributed by atoms with Gasteiger partial charge in [0, 0.05) is 5.39 Å². The minimum absolute atomic E-state index is 0.0123. The van der Waals surface area contributed by atoms with Crippen LogP contribution in [0.15, 0.2) is 28.7 Å². The van der Waals surface area contributed by atoms with Crippen molar-refractivity contribution in [1.82, 2.24) is 0 Å². The summed E-state index contributed by atoms with van der Waals surface area (Å²) >= 11 is 0. The normalized spacial score (nSPS) is 11.5. The standard InChI is InChI=1S/C12H11O8P/c13-11(14)8-2-1-7-5-10(20-9(7)6-8)12(15)19-3-4-21(16,17)18/h1-2,5-6H,3-4H2,(H,13,14)(H2,16,17,18). The molecule has 3 N–H and O–H groups in total. The number of fused-ring (bicyclic) bond motifs is 1. The van der Waals surface area contributed by atoms with Crippen molar-refractivity contribution >= 4 is 30.5 Å². The van der Waals surface area contributed by atoms with Gasteiger partial charge < -0.3 is 24.0 Å². The van der Waals surface area contributed by atoms with Gasteiger partial charge >= 0.3 is 19.5 Å². The molecular formula is C12H11O8P. The number of carboxylic acid groups (broad SMARTS) is 1. The van der Waals surface area contributed by atoms with Crippen molar-refractivity contribution in [3.63, 3.8) is 0 Å². The number of esters is 1. The van der Waals surface area contributed by atoms with Crippen LogP contribution in [-0.2, 0) is 9.30 Å². The molecule has 1 aromatic carbocycles. The van der Waals surface area contributed by atoms with Crippen LogP contribution in [0.25, 0.3) is 11.0 Å². The van der Waals surface area contributed by atoms with Gasteiger partial charge in [0.2, 0.25) is 5.76 Å². The van der Waals surface area contributed by atoms with E-state index in [0.717, 1.165) is 0 Å². The van der Waals surface area contributed by atoms with Crippen molar-refractivity contribution in [3.05, 3.63) is 35.6 Å². The van der Waals surface area contributed by atoms with Crippen LogP contribution >= 0.6 is 7.60 Å². The first kappa shape index (κ1) is 15.2. The van der Waals surface area contributed by atoms with Gasteiger partial charge in [-0.05, 0) is 18.2 Å². The molecule has 112 valence electrons. The number of hydrogen-bond donors (Lipinski definition) is 3. The number of carboxylic acids is 1. The Morgan fingerprint density at radius 2 is 1.95 bits per heavy atom. The first-order valence-electron chi connectivity index (χ1n) is 5.75. The molecule has 0 amide bonds. The molecule has 0 aliphatic carbocycles. The molecular weight excluding hydrogens is 303 g/mol. The van der Waals surface area contributed by atoms with Crippen molar-refractivity contribution in [3.8, 4) is 0 Å². The molecule has 0 saturated carbocycles. The first-order valence-corrected chi connectivity index (χ1v) is 7.54. The van der Waals surface area contributed by atoms with E-state index in [4.69, 9.17) is 19.3 Å². The zero-order valence-electron chi connectivity index (χ0n) is 10.6. The van der Waals surface area contributed by atoms with Gasteiger partial charge in [-0.1, -0.05) is 6.07 Å². The summed E-state index contributed by atoms with van der Waals surface area (Å²) in [4.78, 5) is 39.7. The third kappa shape index (κ3) is 3.91. The molecule has 0 bridgehead atoms. The molecule has 2 aromatic rings. The second-order valence-electron chi connectivity index (χ2n) is 4.19. The Morgan fingerprint density at radius 1 is 1.24 bits per heavy atom. The molecule has 1 aromatic heterocycles. The number of aromatic carboxylic acids is 1. The fourth-order valence-corrected chi connectivity index (χ4v) is 1.92. The minimum atomic E-state index is -4.23. The summed E-state index contributed by atoms with van der Waals surface area (Å²) in [6, 6.07) is 5.47. The largest absolute Gasteiger partial charge is 0.478 e. The van der Waals surface area contributed by atoms with Crippen LogP contribution in [0.4, 0.5) is 0 Å². The van der Waals surface area contributed by atoms with E-state index in [-0.39, 0.29) is 16.9 Å². The van der Waals surface area contributed by atoms with Gasteiger partial charge in [-0.25, -0.2) is 9.59 Å². The lowest BCUT2D eigenvalue weighted by molar-refractivity contribution is 0.0492. The summed E-state index contributed by atoms with van der Waals surface area (Å²) in [5.41, 5.74) is 0.218. The van der Waals surface area contributed by atoms with Crippen LogP contribution in [0, 0.1) is 0 Å². The number of hydrogen-bond acceptors (Lipinski definition) is 5. The molecule has 0 aliphatic heterocycles. The third-order valence-electron chi connectivity index (χ3n) is 2.58. The minimum Gasteiger partial charge on any atom is -0.478 e. The predicted octanol–water partition coefficient (Wildman–Crippen LogP) is 1.47. The van der Waals surface area contributed by atoms with E-state index in [1.54, 1.807) is 0 Å². The topological polar surface area (TPSA) is 134 Å². The average molecular weight is 314 g/mol. The van der Waals surface area contributed by atoms with Gasteiger partial charge in [-0.15, -0.1) is 0 Å². The number of rotatable bonds is 5. The summed E-state index contributed by atoms with van der Waals surface area (Å²) in [6.45, 7) is -0.444. The summed E-state index contributed by atoms with van der Waals surface area (Å²) in [7, 11) is -4.23. The van der Waals surface area contributed by atoms with Crippen LogP contribution in [0.1, 0.15) is 20.9 Å². The maximum absolute atomic E-state index is 11.6. The van der Waals surface area contributed by atoms with Gasteiger partial charge in [0.15, 0.2) is 0 Å². The highest BCUT2D eigenvalue weighted by molar-refractivity contribution is 7.51. The Kier molecular flexibility index (Phi) is 4.13. The second kappa shape index (κ2) is 5.69. The zero-order chi connectivity index (χ0) is 15.6. The second-order valence-corrected chi connectivity index (χ2v) is 5.97. The van der Waals surface area contributed by atoms with E-state index < -0.39 is 32.3 Å². The molecule has 21 heavy (non-hydrogen) atoms. The zero-order valence-corrected chi connectivity index (χ0v) is 11.4. The first-order chi connectivity index (χ1) is 9.76. The summed E-state index contributed by atoms with van der Waals surface area (Å²) < 4.78 is 20.5. The van der Waals surface area contributed by atoms with Crippen LogP contribution in [0.5, 0.6) is 0 Å². The highest BCUT2D eigenvalue weighted by Gasteiger charge is 2.18. The lowest BCUT2D eigenvalue weighted by Crippen LogP contribution is -2.08. The highest BCUT2D eigenvalue weighted by Crippen LogP contribution is 2.33. The number of benzene rings is 1. The highest BCUT2D eigenvalue weighted by atomic mass is 31.2. The van der Waals surface area contributed by atoms with Crippen LogP contribution in [0.3, 0.4) is 0 Å². The fraction of sp³-hybridized carbons (Fsp3) is 0.167. The molecule has 1 heterocycles. The molecule has 9 heteroatoms. The van der Waals surface area contributed by atoms with E-state index >= 15 is 0 Å². The van der Waals surface area contributed by atoms with E-state index in [1.165, 1.54) is 24.3 Å². The van der Waals surface area contributed by atoms with Crippen molar-refractivity contribution in [2.45, 2.75) is 0 Å². The number of ether oxygens (including phenoxy) is 1. The quantitative estimate of drug-likeness (QED) is 0.558. The molecule has 0 spiro atoms. The summed E-state index contributed by atoms with van der Waals surface area (Å²) in [5.74, 6) is -2.17. The van der Waals surface area contributed by atoms with Gasteiger partial charge in [0.25, 0.3) is 0 Å². The Bertz CT molecular complexity index is 741. The molecule has 2 rings (SSSR count). The number of carbonyl (C=O) groups is 2. The Labute approximate surface area is 118 Å². The van der Waals surface area contributed by atoms with Crippen LogP contribution in [0.2, 0.25) is 0 Å². The maximum Gasteiger partial charge on any atom is 0.374 e. The Balaban J connectivity index is 2.13. The van der Waals surface area contributed by atoms with Crippen molar-refractivity contribution in [2.75, 3.05) is 12.8 Å². The van der Waals surface area contributed by atoms with E-state index in [1.807, 2.05) is 0 Å². The van der Waals surface area contributed by atoms with E-state index in [2.05, 4.69) is 4.74 Å². The molecule has 0 radical (unpaired) electrons. The predicted molar refractivity (Wildman–Crippen MR) is 70.4 cm³/mol. The maximum atomic E-state index is 11.6. The van der Waals surface area contributed by atoms with Crippen molar-refractivity contribution in [2.24, 2.45) is 0 Å². The van der Waals surface area contributed by atoms with Gasteiger partial charge in [-0.3, -0.25) is 4.57 Å². The summed E-state index contributed by atoms with van der Waals surface area (Å²) in [6.07, 6.45) is -0.581. The van der Waals surface area contributed by atoms with Gasteiger partial charge in [0.05, 0.1) is 11.7 Å². The van der Waals surface area contributed by atoms with E-state index in [9.17, 15) is 14.2 Å². The summed E-state index contributed by atoms with van der Waals surface area (Å²) in [5, 5.41) is 9.36. The third-order valence-corrected chi connectivity index (χ3v) is 3.35. The number of furan rings is 1. The van der Waals surface area contributed by atoms with Crippen LogP contribution in [-0.4, -0.2) is 39.6 Å². The van der Waals surface area contributed by atoms with Crippen molar-refractivity contribution < 1.29 is 38.2 Å². The molecule has 8 nitrogen and oxygen atoms in total. The number of carbonyl (C=O) groups excluding carboxylic acids is 1. The van der Waals surface area contributed by atoms with Crippen LogP contribution < -0.4 is 0 Å². The molecule has 0 atom stereocenters. The van der Waals surface area contributed by atoms with Crippen molar-refractivity contribution in [1.29, 1.82) is 0 Å². The Morgan fingerprint density at radius 3 is 2.57 bits per heavy atom. The molecule has 0 unspecified atom stereocenters. The fourth-order valence-electron chi connectivity index (χ4n) is 1.59. The monoisotopic (exact) mass is 314 g/mol. The Hall–Kier alpha value is -2.15. The van der Waals surface area contributed by atoms with Gasteiger partial charge in [-0.2, -0.15) is 0 Å². The molecule has 0 aliphatic rings. The molecule has 0 saturated heterocycles. The smallest absolute Gasteiger partial charge is 0.374 e.